The van der Waals surface area contributed by atoms with Gasteiger partial charge in [-0.15, -0.1) is 0 Å². The van der Waals surface area contributed by atoms with Crippen LogP contribution in [0.25, 0.3) is 0 Å². The Morgan fingerprint density at radius 2 is 1.73 bits per heavy atom. The summed E-state index contributed by atoms with van der Waals surface area (Å²) in [4.78, 5) is 20.2. The normalized spacial score (nSPS) is 15.7. The standard InChI is InChI=1S/C8H15NO2.C2H4O2/c1-8(2,3)11-7(10)6-4-9-5-6;1-2(3)4/h6,9H,4-5H2,1-3H3;1H3,(H,3,4). The van der Waals surface area contributed by atoms with Crippen molar-refractivity contribution < 1.29 is 19.4 Å². The van der Waals surface area contributed by atoms with E-state index in [0.717, 1.165) is 20.0 Å². The summed E-state index contributed by atoms with van der Waals surface area (Å²) in [6.07, 6.45) is 0. The van der Waals surface area contributed by atoms with Crippen molar-refractivity contribution in [2.45, 2.75) is 33.3 Å². The van der Waals surface area contributed by atoms with Gasteiger partial charge in [0, 0.05) is 20.0 Å². The Bertz CT molecular complexity index is 224. The van der Waals surface area contributed by atoms with E-state index in [9.17, 15) is 4.79 Å². The second-order valence-electron chi connectivity index (χ2n) is 4.41. The molecule has 0 bridgehead atoms. The molecule has 5 heteroatoms. The van der Waals surface area contributed by atoms with Gasteiger partial charge in [-0.3, -0.25) is 9.59 Å². The van der Waals surface area contributed by atoms with Crippen LogP contribution in [0.5, 0.6) is 0 Å². The van der Waals surface area contributed by atoms with Crippen LogP contribution in [0.3, 0.4) is 0 Å². The van der Waals surface area contributed by atoms with Crippen LogP contribution >= 0.6 is 0 Å². The first-order valence-corrected chi connectivity index (χ1v) is 4.85. The quantitative estimate of drug-likeness (QED) is 0.630. The molecule has 0 aromatic carbocycles. The van der Waals surface area contributed by atoms with Crippen molar-refractivity contribution in [1.29, 1.82) is 0 Å². The maximum atomic E-state index is 11.2. The first-order chi connectivity index (χ1) is 6.72. The third-order valence-electron chi connectivity index (χ3n) is 1.52. The van der Waals surface area contributed by atoms with Crippen molar-refractivity contribution in [2.24, 2.45) is 5.92 Å². The molecular formula is C10H19NO4. The van der Waals surface area contributed by atoms with Crippen molar-refractivity contribution in [3.8, 4) is 0 Å². The highest BCUT2D eigenvalue weighted by Gasteiger charge is 2.29. The van der Waals surface area contributed by atoms with Gasteiger partial charge in [-0.2, -0.15) is 0 Å². The summed E-state index contributed by atoms with van der Waals surface area (Å²) >= 11 is 0. The van der Waals surface area contributed by atoms with Crippen LogP contribution < -0.4 is 5.32 Å². The number of carbonyl (C=O) groups is 2. The highest BCUT2D eigenvalue weighted by atomic mass is 16.6. The van der Waals surface area contributed by atoms with Crippen LogP contribution in [0.1, 0.15) is 27.7 Å². The molecule has 0 spiro atoms. The van der Waals surface area contributed by atoms with Gasteiger partial charge in [0.05, 0.1) is 5.92 Å². The van der Waals surface area contributed by atoms with Crippen LogP contribution in [0.15, 0.2) is 0 Å². The molecule has 1 heterocycles. The van der Waals surface area contributed by atoms with Gasteiger partial charge in [0.1, 0.15) is 5.60 Å². The maximum absolute atomic E-state index is 11.2. The number of carboxylic acid groups (broad SMARTS) is 1. The minimum absolute atomic E-state index is 0.0729. The fourth-order valence-corrected chi connectivity index (χ4v) is 0.840. The van der Waals surface area contributed by atoms with Crippen molar-refractivity contribution in [3.63, 3.8) is 0 Å². The Kier molecular flexibility index (Phi) is 5.28. The van der Waals surface area contributed by atoms with Crippen molar-refractivity contribution in [3.05, 3.63) is 0 Å². The SMILES string of the molecule is CC(=O)O.CC(C)(C)OC(=O)C1CNC1. The molecule has 1 fully saturated rings. The monoisotopic (exact) mass is 217 g/mol. The summed E-state index contributed by atoms with van der Waals surface area (Å²) in [5.74, 6) is -0.814. The van der Waals surface area contributed by atoms with E-state index in [1.165, 1.54) is 0 Å². The number of hydrogen-bond donors (Lipinski definition) is 2. The Morgan fingerprint density at radius 3 is 1.93 bits per heavy atom. The van der Waals surface area contributed by atoms with E-state index in [0.29, 0.717) is 0 Å². The lowest BCUT2D eigenvalue weighted by atomic mass is 10.0. The molecule has 1 rings (SSSR count). The van der Waals surface area contributed by atoms with Gasteiger partial charge in [-0.05, 0) is 20.8 Å². The van der Waals surface area contributed by atoms with Crippen LogP contribution in [0.4, 0.5) is 0 Å². The molecule has 1 aliphatic heterocycles. The predicted molar refractivity (Wildman–Crippen MR) is 55.5 cm³/mol. The van der Waals surface area contributed by atoms with E-state index in [1.54, 1.807) is 0 Å². The van der Waals surface area contributed by atoms with E-state index in [-0.39, 0.29) is 17.5 Å². The van der Waals surface area contributed by atoms with Gasteiger partial charge in [-0.1, -0.05) is 0 Å². The number of hydrogen-bond acceptors (Lipinski definition) is 4. The zero-order valence-corrected chi connectivity index (χ0v) is 9.66. The number of rotatable bonds is 1. The molecule has 2 N–H and O–H groups in total. The van der Waals surface area contributed by atoms with Crippen LogP contribution in [-0.2, 0) is 14.3 Å². The van der Waals surface area contributed by atoms with Crippen LogP contribution in [-0.4, -0.2) is 35.7 Å². The minimum Gasteiger partial charge on any atom is -0.481 e. The molecule has 0 radical (unpaired) electrons. The zero-order chi connectivity index (χ0) is 12.1. The molecule has 0 unspecified atom stereocenters. The zero-order valence-electron chi connectivity index (χ0n) is 9.66. The average Bonchev–Trinajstić information content (AvgIpc) is 1.73. The molecule has 88 valence electrons. The Morgan fingerprint density at radius 1 is 1.33 bits per heavy atom. The highest BCUT2D eigenvalue weighted by molar-refractivity contribution is 5.74. The summed E-state index contributed by atoms with van der Waals surface area (Å²) in [6.45, 7) is 8.29. The second-order valence-corrected chi connectivity index (χ2v) is 4.41. The fraction of sp³-hybridized carbons (Fsp3) is 0.800. The molecule has 0 atom stereocenters. The number of esters is 1. The Balaban J connectivity index is 0.000000423. The summed E-state index contributed by atoms with van der Waals surface area (Å²) in [5.41, 5.74) is -0.341. The number of ether oxygens (including phenoxy) is 1. The number of nitrogens with one attached hydrogen (secondary N) is 1. The maximum Gasteiger partial charge on any atom is 0.312 e. The topological polar surface area (TPSA) is 75.6 Å². The molecule has 5 nitrogen and oxygen atoms in total. The highest BCUT2D eigenvalue weighted by Crippen LogP contribution is 2.13. The lowest BCUT2D eigenvalue weighted by Crippen LogP contribution is -2.48. The summed E-state index contributed by atoms with van der Waals surface area (Å²) < 4.78 is 5.16. The molecule has 0 saturated carbocycles. The first kappa shape index (κ1) is 13.9. The second kappa shape index (κ2) is 5.70. The summed E-state index contributed by atoms with van der Waals surface area (Å²) in [5, 5.41) is 10.4. The third-order valence-corrected chi connectivity index (χ3v) is 1.52. The fourth-order valence-electron chi connectivity index (χ4n) is 0.840. The van der Waals surface area contributed by atoms with Crippen LogP contribution in [0, 0.1) is 5.92 Å². The van der Waals surface area contributed by atoms with Crippen LogP contribution in [0.2, 0.25) is 0 Å². The minimum atomic E-state index is -0.833. The Labute approximate surface area is 89.8 Å². The summed E-state index contributed by atoms with van der Waals surface area (Å²) in [6, 6.07) is 0. The Hall–Kier alpha value is -1.10. The molecular weight excluding hydrogens is 198 g/mol. The molecule has 15 heavy (non-hydrogen) atoms. The number of carboxylic acids is 1. The van der Waals surface area contributed by atoms with Gasteiger partial charge < -0.3 is 15.2 Å². The van der Waals surface area contributed by atoms with E-state index in [2.05, 4.69) is 5.32 Å². The molecule has 1 aliphatic rings. The lowest BCUT2D eigenvalue weighted by Gasteiger charge is -2.29. The van der Waals surface area contributed by atoms with Crippen molar-refractivity contribution in [1.82, 2.24) is 5.32 Å². The van der Waals surface area contributed by atoms with Crippen molar-refractivity contribution >= 4 is 11.9 Å². The third kappa shape index (κ3) is 7.93. The van der Waals surface area contributed by atoms with Gasteiger partial charge in [0.25, 0.3) is 5.97 Å². The molecule has 0 aromatic rings. The molecule has 1 saturated heterocycles. The lowest BCUT2D eigenvalue weighted by molar-refractivity contribution is -0.161. The predicted octanol–water partition coefficient (Wildman–Crippen LogP) is 0.638. The number of carbonyl (C=O) groups excluding carboxylic acids is 1. The molecule has 0 aliphatic carbocycles. The smallest absolute Gasteiger partial charge is 0.312 e. The largest absolute Gasteiger partial charge is 0.481 e. The van der Waals surface area contributed by atoms with E-state index in [4.69, 9.17) is 14.6 Å². The van der Waals surface area contributed by atoms with E-state index in [1.807, 2.05) is 20.8 Å². The molecule has 0 amide bonds. The van der Waals surface area contributed by atoms with Gasteiger partial charge >= 0.3 is 5.97 Å². The molecule has 0 aromatic heterocycles. The number of aliphatic carboxylic acids is 1. The van der Waals surface area contributed by atoms with Gasteiger partial charge in [-0.25, -0.2) is 0 Å². The van der Waals surface area contributed by atoms with Gasteiger partial charge in [0.2, 0.25) is 0 Å². The first-order valence-electron chi connectivity index (χ1n) is 4.85. The average molecular weight is 217 g/mol. The van der Waals surface area contributed by atoms with Gasteiger partial charge in [0.15, 0.2) is 0 Å². The summed E-state index contributed by atoms with van der Waals surface area (Å²) in [7, 11) is 0. The van der Waals surface area contributed by atoms with E-state index < -0.39 is 5.97 Å². The van der Waals surface area contributed by atoms with E-state index >= 15 is 0 Å². The van der Waals surface area contributed by atoms with Crippen molar-refractivity contribution in [2.75, 3.05) is 13.1 Å².